The van der Waals surface area contributed by atoms with Crippen molar-refractivity contribution < 1.29 is 4.79 Å². The van der Waals surface area contributed by atoms with Crippen molar-refractivity contribution in [3.8, 4) is 0 Å². The Labute approximate surface area is 110 Å². The van der Waals surface area contributed by atoms with Gasteiger partial charge in [0, 0.05) is 16.6 Å². The lowest BCUT2D eigenvalue weighted by Gasteiger charge is -2.11. The number of hydrogen-bond donors (Lipinski definition) is 3. The Morgan fingerprint density at radius 1 is 1.59 bits per heavy atom. The predicted molar refractivity (Wildman–Crippen MR) is 72.7 cm³/mol. The molecule has 1 unspecified atom stereocenters. The van der Waals surface area contributed by atoms with Crippen LogP contribution in [0.1, 0.15) is 19.8 Å². The minimum atomic E-state index is -0.146. The molecule has 0 fully saturated rings. The molecule has 0 spiro atoms. The van der Waals surface area contributed by atoms with Crippen molar-refractivity contribution in [3.05, 3.63) is 23.2 Å². The molecule has 6 heteroatoms. The van der Waals surface area contributed by atoms with E-state index in [1.165, 1.54) is 0 Å². The van der Waals surface area contributed by atoms with Crippen LogP contribution in [-0.4, -0.2) is 11.2 Å². The highest BCUT2D eigenvalue weighted by Gasteiger charge is 2.08. The van der Waals surface area contributed by atoms with E-state index >= 15 is 0 Å². The van der Waals surface area contributed by atoms with Crippen LogP contribution >= 0.6 is 23.4 Å². The van der Waals surface area contributed by atoms with Gasteiger partial charge in [0.05, 0.1) is 10.7 Å². The molecule has 1 rings (SSSR count). The summed E-state index contributed by atoms with van der Waals surface area (Å²) in [4.78, 5) is 12.0. The van der Waals surface area contributed by atoms with Crippen LogP contribution in [0.2, 0.25) is 5.02 Å². The lowest BCUT2D eigenvalue weighted by molar-refractivity contribution is -0.121. The van der Waals surface area contributed by atoms with E-state index in [0.29, 0.717) is 22.4 Å². The zero-order valence-electron chi connectivity index (χ0n) is 9.57. The Morgan fingerprint density at radius 2 is 2.29 bits per heavy atom. The second kappa shape index (κ2) is 6.74. The third kappa shape index (κ3) is 4.85. The molecule has 0 aliphatic rings. The summed E-state index contributed by atoms with van der Waals surface area (Å²) in [6.07, 6.45) is 1.18. The molecular formula is C11H16ClN3OS. The summed E-state index contributed by atoms with van der Waals surface area (Å²) >= 11 is 7.59. The Bertz CT molecular complexity index is 400. The lowest BCUT2D eigenvalue weighted by Crippen LogP contribution is -2.30. The Kier molecular flexibility index (Phi) is 5.61. The SMILES string of the molecule is CC(CCC(=O)NN)Sc1ccc(N)c(Cl)c1. The molecule has 0 aliphatic heterocycles. The van der Waals surface area contributed by atoms with Gasteiger partial charge in [-0.2, -0.15) is 0 Å². The van der Waals surface area contributed by atoms with Crippen LogP contribution in [0.4, 0.5) is 5.69 Å². The first kappa shape index (κ1) is 14.2. The van der Waals surface area contributed by atoms with Crippen LogP contribution in [0.25, 0.3) is 0 Å². The lowest BCUT2D eigenvalue weighted by atomic mass is 10.2. The number of hydrazine groups is 1. The van der Waals surface area contributed by atoms with Crippen molar-refractivity contribution in [3.63, 3.8) is 0 Å². The molecule has 94 valence electrons. The third-order valence-corrected chi connectivity index (χ3v) is 3.74. The quantitative estimate of drug-likeness (QED) is 0.252. The van der Waals surface area contributed by atoms with E-state index in [0.717, 1.165) is 11.3 Å². The predicted octanol–water partition coefficient (Wildman–Crippen LogP) is 2.17. The van der Waals surface area contributed by atoms with E-state index in [9.17, 15) is 4.79 Å². The molecule has 0 saturated carbocycles. The minimum Gasteiger partial charge on any atom is -0.398 e. The fourth-order valence-electron chi connectivity index (χ4n) is 1.28. The first-order valence-electron chi connectivity index (χ1n) is 5.24. The standard InChI is InChI=1S/C11H16ClN3OS/c1-7(2-5-11(16)15-14)17-8-3-4-10(13)9(12)6-8/h3-4,6-7H,2,5,13-14H2,1H3,(H,15,16). The van der Waals surface area contributed by atoms with Gasteiger partial charge in [-0.15, -0.1) is 11.8 Å². The number of nitrogens with two attached hydrogens (primary N) is 2. The highest BCUT2D eigenvalue weighted by molar-refractivity contribution is 7.99. The van der Waals surface area contributed by atoms with Crippen molar-refractivity contribution in [2.24, 2.45) is 5.84 Å². The monoisotopic (exact) mass is 273 g/mol. The molecular weight excluding hydrogens is 258 g/mol. The van der Waals surface area contributed by atoms with Crippen molar-refractivity contribution >= 4 is 35.0 Å². The van der Waals surface area contributed by atoms with E-state index in [2.05, 4.69) is 12.3 Å². The number of nitrogens with one attached hydrogen (secondary N) is 1. The van der Waals surface area contributed by atoms with E-state index < -0.39 is 0 Å². The molecule has 0 aromatic heterocycles. The van der Waals surface area contributed by atoms with Gasteiger partial charge in [0.25, 0.3) is 0 Å². The fourth-order valence-corrected chi connectivity index (χ4v) is 2.56. The van der Waals surface area contributed by atoms with Gasteiger partial charge in [-0.25, -0.2) is 5.84 Å². The highest BCUT2D eigenvalue weighted by Crippen LogP contribution is 2.30. The Hall–Kier alpha value is -0.910. The normalized spacial score (nSPS) is 12.2. The van der Waals surface area contributed by atoms with Gasteiger partial charge >= 0.3 is 0 Å². The number of rotatable bonds is 5. The average molecular weight is 274 g/mol. The van der Waals surface area contributed by atoms with Crippen LogP contribution in [0.3, 0.4) is 0 Å². The largest absolute Gasteiger partial charge is 0.398 e. The molecule has 0 aliphatic carbocycles. The summed E-state index contributed by atoms with van der Waals surface area (Å²) in [5, 5.41) is 0.869. The Balaban J connectivity index is 2.47. The molecule has 5 N–H and O–H groups in total. The van der Waals surface area contributed by atoms with Gasteiger partial charge in [-0.05, 0) is 24.6 Å². The van der Waals surface area contributed by atoms with Gasteiger partial charge < -0.3 is 5.73 Å². The van der Waals surface area contributed by atoms with Crippen molar-refractivity contribution in [1.29, 1.82) is 0 Å². The van der Waals surface area contributed by atoms with Crippen LogP contribution < -0.4 is 17.0 Å². The van der Waals surface area contributed by atoms with Crippen LogP contribution in [0.5, 0.6) is 0 Å². The number of anilines is 1. The molecule has 1 aromatic carbocycles. The van der Waals surface area contributed by atoms with Gasteiger partial charge in [-0.3, -0.25) is 10.2 Å². The summed E-state index contributed by atoms with van der Waals surface area (Å²) in [5.74, 6) is 4.86. The summed E-state index contributed by atoms with van der Waals surface area (Å²) in [6.45, 7) is 2.05. The van der Waals surface area contributed by atoms with Gasteiger partial charge in [0.1, 0.15) is 0 Å². The Morgan fingerprint density at radius 3 is 2.88 bits per heavy atom. The fraction of sp³-hybridized carbons (Fsp3) is 0.364. The molecule has 4 nitrogen and oxygen atoms in total. The number of amides is 1. The number of carbonyl (C=O) groups excluding carboxylic acids is 1. The number of halogens is 1. The van der Waals surface area contributed by atoms with E-state index in [-0.39, 0.29) is 5.91 Å². The smallest absolute Gasteiger partial charge is 0.233 e. The third-order valence-electron chi connectivity index (χ3n) is 2.25. The number of thioether (sulfide) groups is 1. The number of benzene rings is 1. The topological polar surface area (TPSA) is 81.1 Å². The summed E-state index contributed by atoms with van der Waals surface area (Å²) in [6, 6.07) is 5.54. The number of nitrogen functional groups attached to an aromatic ring is 1. The average Bonchev–Trinajstić information content (AvgIpc) is 2.31. The molecule has 1 amide bonds. The summed E-state index contributed by atoms with van der Waals surface area (Å²) in [7, 11) is 0. The van der Waals surface area contributed by atoms with Crippen molar-refractivity contribution in [2.45, 2.75) is 29.9 Å². The zero-order valence-corrected chi connectivity index (χ0v) is 11.1. The number of carbonyl (C=O) groups is 1. The van der Waals surface area contributed by atoms with Crippen LogP contribution in [-0.2, 0) is 4.79 Å². The van der Waals surface area contributed by atoms with Gasteiger partial charge in [-0.1, -0.05) is 18.5 Å². The molecule has 0 bridgehead atoms. The number of hydrogen-bond acceptors (Lipinski definition) is 4. The maximum absolute atomic E-state index is 11.0. The molecule has 0 saturated heterocycles. The summed E-state index contributed by atoms with van der Waals surface area (Å²) < 4.78 is 0. The molecule has 1 atom stereocenters. The molecule has 17 heavy (non-hydrogen) atoms. The highest BCUT2D eigenvalue weighted by atomic mass is 35.5. The zero-order chi connectivity index (χ0) is 12.8. The molecule has 0 heterocycles. The second-order valence-electron chi connectivity index (χ2n) is 3.72. The van der Waals surface area contributed by atoms with Gasteiger partial charge in [0.15, 0.2) is 0 Å². The first-order chi connectivity index (χ1) is 8.02. The maximum Gasteiger partial charge on any atom is 0.233 e. The molecule has 1 aromatic rings. The van der Waals surface area contributed by atoms with E-state index in [4.69, 9.17) is 23.2 Å². The summed E-state index contributed by atoms with van der Waals surface area (Å²) in [5.41, 5.74) is 8.32. The second-order valence-corrected chi connectivity index (χ2v) is 5.64. The first-order valence-corrected chi connectivity index (χ1v) is 6.50. The van der Waals surface area contributed by atoms with Gasteiger partial charge in [0.2, 0.25) is 5.91 Å². The maximum atomic E-state index is 11.0. The minimum absolute atomic E-state index is 0.146. The van der Waals surface area contributed by atoms with Crippen LogP contribution in [0.15, 0.2) is 23.1 Å². The van der Waals surface area contributed by atoms with Crippen molar-refractivity contribution in [1.82, 2.24) is 5.43 Å². The van der Waals surface area contributed by atoms with Crippen molar-refractivity contribution in [2.75, 3.05) is 5.73 Å². The van der Waals surface area contributed by atoms with E-state index in [1.807, 2.05) is 12.1 Å². The van der Waals surface area contributed by atoms with E-state index in [1.54, 1.807) is 17.8 Å². The van der Waals surface area contributed by atoms with Crippen LogP contribution in [0, 0.1) is 0 Å². The molecule has 0 radical (unpaired) electrons.